The van der Waals surface area contributed by atoms with Crippen molar-refractivity contribution >= 4 is 45.2 Å². The summed E-state index contributed by atoms with van der Waals surface area (Å²) in [6.45, 7) is 0. The number of thioether (sulfide) groups is 1. The zero-order chi connectivity index (χ0) is 17.1. The first-order chi connectivity index (χ1) is 12.3. The van der Waals surface area contributed by atoms with Crippen LogP contribution in [0.2, 0.25) is 0 Å². The van der Waals surface area contributed by atoms with Crippen molar-refractivity contribution in [1.82, 2.24) is 15.0 Å². The molecule has 2 aromatic heterocycles. The molecule has 2 aromatic carbocycles. The minimum Gasteiger partial charge on any atom is -0.333 e. The second kappa shape index (κ2) is 7.08. The topological polar surface area (TPSA) is 70.7 Å². The molecule has 4 rings (SSSR count). The molecule has 5 nitrogen and oxygen atoms in total. The maximum atomic E-state index is 12.5. The van der Waals surface area contributed by atoms with Crippen LogP contribution in [0.4, 0.5) is 5.13 Å². The molecule has 0 saturated heterocycles. The van der Waals surface area contributed by atoms with E-state index in [1.54, 1.807) is 18.0 Å². The Bertz CT molecular complexity index is 978. The number of para-hydroxylation sites is 2. The minimum absolute atomic E-state index is 0.143. The third-order valence-electron chi connectivity index (χ3n) is 3.65. The smallest absolute Gasteiger partial charge is 0.257 e. The van der Waals surface area contributed by atoms with Crippen LogP contribution < -0.4 is 5.32 Å². The molecule has 0 bridgehead atoms. The minimum atomic E-state index is -0.143. The third-order valence-corrected chi connectivity index (χ3v) is 5.26. The van der Waals surface area contributed by atoms with E-state index in [9.17, 15) is 4.79 Å². The number of thiazole rings is 1. The number of nitrogens with zero attached hydrogens (tertiary/aromatic N) is 2. The second-order valence-electron chi connectivity index (χ2n) is 5.30. The Labute approximate surface area is 152 Å². The molecule has 0 aliphatic heterocycles. The fraction of sp³-hybridized carbons (Fsp3) is 0.0556. The summed E-state index contributed by atoms with van der Waals surface area (Å²) in [5.41, 5.74) is 3.57. The number of aromatic nitrogens is 3. The molecule has 0 fully saturated rings. The highest BCUT2D eigenvalue weighted by Gasteiger charge is 2.13. The van der Waals surface area contributed by atoms with Gasteiger partial charge in [0.25, 0.3) is 5.91 Å². The van der Waals surface area contributed by atoms with Gasteiger partial charge in [-0.25, -0.2) is 9.97 Å². The highest BCUT2D eigenvalue weighted by atomic mass is 32.2. The summed E-state index contributed by atoms with van der Waals surface area (Å²) in [7, 11) is 0. The third kappa shape index (κ3) is 3.57. The number of hydrogen-bond donors (Lipinski definition) is 2. The summed E-state index contributed by atoms with van der Waals surface area (Å²) in [5.74, 6) is 0.511. The van der Waals surface area contributed by atoms with Crippen LogP contribution >= 0.6 is 23.1 Å². The number of anilines is 1. The van der Waals surface area contributed by atoms with E-state index in [0.29, 0.717) is 16.4 Å². The van der Waals surface area contributed by atoms with Crippen LogP contribution in [0.25, 0.3) is 11.0 Å². The number of carbonyl (C=O) groups is 1. The largest absolute Gasteiger partial charge is 0.333 e. The highest BCUT2D eigenvalue weighted by molar-refractivity contribution is 7.98. The van der Waals surface area contributed by atoms with Gasteiger partial charge < -0.3 is 4.98 Å². The number of nitrogens with one attached hydrogen (secondary N) is 2. The molecule has 124 valence electrons. The van der Waals surface area contributed by atoms with E-state index in [1.165, 1.54) is 11.3 Å². The van der Waals surface area contributed by atoms with Crippen molar-refractivity contribution in [1.29, 1.82) is 0 Å². The van der Waals surface area contributed by atoms with E-state index in [2.05, 4.69) is 20.3 Å². The van der Waals surface area contributed by atoms with Gasteiger partial charge in [-0.2, -0.15) is 0 Å². The average Bonchev–Trinajstić information content (AvgIpc) is 3.29. The quantitative estimate of drug-likeness (QED) is 0.508. The Balaban J connectivity index is 1.51. The molecule has 0 unspecified atom stereocenters. The van der Waals surface area contributed by atoms with Gasteiger partial charge in [0.05, 0.1) is 11.0 Å². The van der Waals surface area contributed by atoms with Crippen LogP contribution in [0.1, 0.15) is 15.9 Å². The van der Waals surface area contributed by atoms with Crippen molar-refractivity contribution in [2.24, 2.45) is 0 Å². The Morgan fingerprint density at radius 3 is 2.84 bits per heavy atom. The lowest BCUT2D eigenvalue weighted by Gasteiger charge is -2.08. The van der Waals surface area contributed by atoms with Crippen molar-refractivity contribution in [3.63, 3.8) is 0 Å². The Hall–Kier alpha value is -2.64. The summed E-state index contributed by atoms with van der Waals surface area (Å²) in [6, 6.07) is 15.5. The number of fused-ring (bicyclic) bond motifs is 1. The molecule has 0 aliphatic rings. The molecule has 0 spiro atoms. The van der Waals surface area contributed by atoms with Gasteiger partial charge in [-0.05, 0) is 23.8 Å². The number of benzene rings is 2. The first-order valence-electron chi connectivity index (χ1n) is 7.66. The molecule has 0 saturated carbocycles. The number of aromatic amines is 1. The van der Waals surface area contributed by atoms with Crippen molar-refractivity contribution in [3.8, 4) is 0 Å². The van der Waals surface area contributed by atoms with Crippen molar-refractivity contribution in [2.75, 3.05) is 5.32 Å². The number of imidazole rings is 1. The van der Waals surface area contributed by atoms with Gasteiger partial charge in [0, 0.05) is 22.9 Å². The van der Waals surface area contributed by atoms with Crippen molar-refractivity contribution in [2.45, 2.75) is 10.9 Å². The molecule has 2 heterocycles. The number of rotatable bonds is 5. The van der Waals surface area contributed by atoms with Gasteiger partial charge in [0.15, 0.2) is 10.3 Å². The van der Waals surface area contributed by atoms with Gasteiger partial charge in [0.1, 0.15) is 0 Å². The fourth-order valence-electron chi connectivity index (χ4n) is 2.46. The second-order valence-corrected chi connectivity index (χ2v) is 7.15. The van der Waals surface area contributed by atoms with E-state index in [1.807, 2.05) is 53.9 Å². The van der Waals surface area contributed by atoms with E-state index in [0.717, 1.165) is 21.8 Å². The van der Waals surface area contributed by atoms with E-state index in [4.69, 9.17) is 0 Å². The standard InChI is InChI=1S/C18H14N4OS2/c23-16(22-17-19-9-10-24-17)13-6-2-1-5-12(13)11-25-18-20-14-7-3-4-8-15(14)21-18/h1-10H,11H2,(H,20,21)(H,19,22,23). The summed E-state index contributed by atoms with van der Waals surface area (Å²) < 4.78 is 0. The molecule has 0 radical (unpaired) electrons. The molecular formula is C18H14N4OS2. The lowest BCUT2D eigenvalue weighted by molar-refractivity contribution is 0.102. The van der Waals surface area contributed by atoms with Crippen molar-refractivity contribution < 1.29 is 4.79 Å². The summed E-state index contributed by atoms with van der Waals surface area (Å²) in [6.07, 6.45) is 1.67. The normalized spacial score (nSPS) is 10.9. The number of amides is 1. The van der Waals surface area contributed by atoms with Gasteiger partial charge in [0.2, 0.25) is 0 Å². The van der Waals surface area contributed by atoms with Crippen molar-refractivity contribution in [3.05, 3.63) is 71.2 Å². The molecule has 0 aliphatic carbocycles. The van der Waals surface area contributed by atoms with Crippen LogP contribution in [0, 0.1) is 0 Å². The van der Waals surface area contributed by atoms with Gasteiger partial charge in [-0.3, -0.25) is 10.1 Å². The summed E-state index contributed by atoms with van der Waals surface area (Å²) in [5, 5.41) is 6.11. The molecule has 1 amide bonds. The lowest BCUT2D eigenvalue weighted by Crippen LogP contribution is -2.13. The van der Waals surface area contributed by atoms with Crippen LogP contribution in [0.5, 0.6) is 0 Å². The van der Waals surface area contributed by atoms with Gasteiger partial charge in [-0.1, -0.05) is 42.1 Å². The van der Waals surface area contributed by atoms with Crippen LogP contribution in [0.15, 0.2) is 65.3 Å². The maximum Gasteiger partial charge on any atom is 0.257 e. The molecule has 0 atom stereocenters. The number of carbonyl (C=O) groups excluding carboxylic acids is 1. The van der Waals surface area contributed by atoms with E-state index >= 15 is 0 Å². The first-order valence-corrected chi connectivity index (χ1v) is 9.52. The van der Waals surface area contributed by atoms with Crippen LogP contribution in [-0.2, 0) is 5.75 Å². The molecule has 7 heteroatoms. The Morgan fingerprint density at radius 1 is 1.16 bits per heavy atom. The lowest BCUT2D eigenvalue weighted by atomic mass is 10.1. The monoisotopic (exact) mass is 366 g/mol. The van der Waals surface area contributed by atoms with E-state index < -0.39 is 0 Å². The zero-order valence-electron chi connectivity index (χ0n) is 13.1. The highest BCUT2D eigenvalue weighted by Crippen LogP contribution is 2.25. The first kappa shape index (κ1) is 15.9. The zero-order valence-corrected chi connectivity index (χ0v) is 14.7. The van der Waals surface area contributed by atoms with Gasteiger partial charge >= 0.3 is 0 Å². The Morgan fingerprint density at radius 2 is 2.00 bits per heavy atom. The summed E-state index contributed by atoms with van der Waals surface area (Å²) in [4.78, 5) is 24.5. The van der Waals surface area contributed by atoms with Gasteiger partial charge in [-0.15, -0.1) is 11.3 Å². The maximum absolute atomic E-state index is 12.5. The summed E-state index contributed by atoms with van der Waals surface area (Å²) >= 11 is 2.98. The van der Waals surface area contributed by atoms with E-state index in [-0.39, 0.29) is 5.91 Å². The van der Waals surface area contributed by atoms with Crippen LogP contribution in [-0.4, -0.2) is 20.9 Å². The SMILES string of the molecule is O=C(Nc1nccs1)c1ccccc1CSc1nc2ccccc2[nH]1. The average molecular weight is 366 g/mol. The molecule has 2 N–H and O–H groups in total. The molecular weight excluding hydrogens is 352 g/mol. The number of H-pyrrole nitrogens is 1. The predicted molar refractivity (Wildman–Crippen MR) is 102 cm³/mol. The molecule has 25 heavy (non-hydrogen) atoms. The molecule has 4 aromatic rings. The number of hydrogen-bond acceptors (Lipinski definition) is 5. The van der Waals surface area contributed by atoms with Crippen LogP contribution in [0.3, 0.4) is 0 Å². The Kier molecular flexibility index (Phi) is 4.49. The predicted octanol–water partition coefficient (Wildman–Crippen LogP) is 4.56. The fourth-order valence-corrected chi connectivity index (χ4v) is 3.87.